The van der Waals surface area contributed by atoms with E-state index in [2.05, 4.69) is 9.80 Å². The van der Waals surface area contributed by atoms with Crippen molar-refractivity contribution in [2.45, 2.75) is 51.6 Å². The van der Waals surface area contributed by atoms with Crippen molar-refractivity contribution in [3.63, 3.8) is 0 Å². The van der Waals surface area contributed by atoms with Crippen LogP contribution in [0.4, 0.5) is 5.69 Å². The molecule has 1 aromatic heterocycles. The SMILES string of the molecule is O=c1c2cc([N+](=O)[O-])ccc2n(CCN2CCCCC2)c(=O)n1CCN1CCCCC1. The number of nitro benzene ring substituents is 1. The second-order valence-corrected chi connectivity index (χ2v) is 8.65. The van der Waals surface area contributed by atoms with Gasteiger partial charge in [0.2, 0.25) is 0 Å². The van der Waals surface area contributed by atoms with Gasteiger partial charge in [-0.15, -0.1) is 0 Å². The number of rotatable bonds is 7. The van der Waals surface area contributed by atoms with Crippen molar-refractivity contribution in [2.24, 2.45) is 0 Å². The monoisotopic (exact) mass is 429 g/mol. The summed E-state index contributed by atoms with van der Waals surface area (Å²) in [4.78, 5) is 41.9. The predicted octanol–water partition coefficient (Wildman–Crippen LogP) is 2.04. The molecule has 2 aliphatic rings. The van der Waals surface area contributed by atoms with Gasteiger partial charge in [-0.1, -0.05) is 12.8 Å². The van der Waals surface area contributed by atoms with Crippen molar-refractivity contribution in [2.75, 3.05) is 39.3 Å². The van der Waals surface area contributed by atoms with Gasteiger partial charge in [-0.2, -0.15) is 0 Å². The molecule has 2 aliphatic heterocycles. The van der Waals surface area contributed by atoms with Crippen molar-refractivity contribution in [1.29, 1.82) is 0 Å². The van der Waals surface area contributed by atoms with E-state index in [4.69, 9.17) is 0 Å². The van der Waals surface area contributed by atoms with Gasteiger partial charge < -0.3 is 9.80 Å². The van der Waals surface area contributed by atoms with Gasteiger partial charge in [0.05, 0.1) is 15.8 Å². The summed E-state index contributed by atoms with van der Waals surface area (Å²) in [7, 11) is 0. The van der Waals surface area contributed by atoms with E-state index >= 15 is 0 Å². The maximum absolute atomic E-state index is 13.3. The number of nitrogens with zero attached hydrogens (tertiary/aromatic N) is 5. The highest BCUT2D eigenvalue weighted by molar-refractivity contribution is 5.80. The number of aromatic nitrogens is 2. The first-order chi connectivity index (χ1) is 15.0. The van der Waals surface area contributed by atoms with E-state index in [1.165, 1.54) is 29.5 Å². The molecule has 1 aromatic carbocycles. The molecule has 0 amide bonds. The van der Waals surface area contributed by atoms with Gasteiger partial charge in [0.25, 0.3) is 11.2 Å². The van der Waals surface area contributed by atoms with Crippen molar-refractivity contribution >= 4 is 16.6 Å². The maximum atomic E-state index is 13.3. The third kappa shape index (κ3) is 4.88. The number of hydrogen-bond acceptors (Lipinski definition) is 6. The molecule has 168 valence electrons. The maximum Gasteiger partial charge on any atom is 0.331 e. The highest BCUT2D eigenvalue weighted by atomic mass is 16.6. The average Bonchev–Trinajstić information content (AvgIpc) is 2.80. The van der Waals surface area contributed by atoms with Crippen LogP contribution in [0.2, 0.25) is 0 Å². The lowest BCUT2D eigenvalue weighted by Gasteiger charge is -2.27. The van der Waals surface area contributed by atoms with Crippen molar-refractivity contribution in [1.82, 2.24) is 18.9 Å². The zero-order chi connectivity index (χ0) is 21.8. The zero-order valence-corrected chi connectivity index (χ0v) is 18.0. The quantitative estimate of drug-likeness (QED) is 0.494. The van der Waals surface area contributed by atoms with Gasteiger partial charge in [0.1, 0.15) is 0 Å². The smallest absolute Gasteiger partial charge is 0.302 e. The molecule has 0 unspecified atom stereocenters. The van der Waals surface area contributed by atoms with Crippen LogP contribution in [0, 0.1) is 10.1 Å². The third-order valence-corrected chi connectivity index (χ3v) is 6.60. The van der Waals surface area contributed by atoms with Crippen molar-refractivity contribution < 1.29 is 4.92 Å². The molecule has 3 heterocycles. The fraction of sp³-hybridized carbons (Fsp3) is 0.636. The third-order valence-electron chi connectivity index (χ3n) is 6.60. The van der Waals surface area contributed by atoms with Gasteiger partial charge >= 0.3 is 5.69 Å². The van der Waals surface area contributed by atoms with Gasteiger partial charge in [0.15, 0.2) is 0 Å². The summed E-state index contributed by atoms with van der Waals surface area (Å²) in [5.41, 5.74) is -0.407. The normalized spacial score (nSPS) is 18.5. The number of hydrogen-bond donors (Lipinski definition) is 0. The molecular formula is C22H31N5O4. The summed E-state index contributed by atoms with van der Waals surface area (Å²) in [5, 5.41) is 11.5. The first kappa shape index (κ1) is 21.7. The summed E-state index contributed by atoms with van der Waals surface area (Å²) in [6.07, 6.45) is 7.07. The van der Waals surface area contributed by atoms with Gasteiger partial charge in [-0.05, 0) is 57.9 Å². The van der Waals surface area contributed by atoms with Gasteiger partial charge in [0, 0.05) is 38.3 Å². The predicted molar refractivity (Wildman–Crippen MR) is 120 cm³/mol. The van der Waals surface area contributed by atoms with Crippen LogP contribution in [-0.2, 0) is 13.1 Å². The molecule has 0 aliphatic carbocycles. The molecular weight excluding hydrogens is 398 g/mol. The zero-order valence-electron chi connectivity index (χ0n) is 18.0. The number of likely N-dealkylation sites (tertiary alicyclic amines) is 2. The van der Waals surface area contributed by atoms with Crippen LogP contribution in [0.5, 0.6) is 0 Å². The Bertz CT molecular complexity index is 1050. The number of non-ortho nitro benzene ring substituents is 1. The lowest BCUT2D eigenvalue weighted by Crippen LogP contribution is -2.44. The van der Waals surface area contributed by atoms with E-state index in [1.54, 1.807) is 10.6 Å². The van der Waals surface area contributed by atoms with Crippen LogP contribution in [0.25, 0.3) is 10.9 Å². The minimum atomic E-state index is -0.500. The van der Waals surface area contributed by atoms with Gasteiger partial charge in [-0.25, -0.2) is 4.79 Å². The first-order valence-electron chi connectivity index (χ1n) is 11.4. The van der Waals surface area contributed by atoms with E-state index in [0.29, 0.717) is 25.2 Å². The summed E-state index contributed by atoms with van der Waals surface area (Å²) < 4.78 is 2.90. The van der Waals surface area contributed by atoms with Crippen LogP contribution in [0.1, 0.15) is 38.5 Å². The number of fused-ring (bicyclic) bond motifs is 1. The highest BCUT2D eigenvalue weighted by Crippen LogP contribution is 2.18. The molecule has 0 bridgehead atoms. The molecule has 0 N–H and O–H groups in total. The van der Waals surface area contributed by atoms with E-state index in [-0.39, 0.29) is 16.8 Å². The molecule has 0 spiro atoms. The molecule has 9 nitrogen and oxygen atoms in total. The summed E-state index contributed by atoms with van der Waals surface area (Å²) in [6, 6.07) is 4.23. The summed E-state index contributed by atoms with van der Waals surface area (Å²) in [5.74, 6) is 0. The van der Waals surface area contributed by atoms with Crippen LogP contribution >= 0.6 is 0 Å². The van der Waals surface area contributed by atoms with Gasteiger partial charge in [-0.3, -0.25) is 24.0 Å². The number of nitro groups is 1. The van der Waals surface area contributed by atoms with Crippen LogP contribution in [0.3, 0.4) is 0 Å². The van der Waals surface area contributed by atoms with E-state index in [1.807, 2.05) is 0 Å². The molecule has 2 saturated heterocycles. The Hall–Kier alpha value is -2.52. The number of benzene rings is 1. The molecule has 4 rings (SSSR count). The summed E-state index contributed by atoms with van der Waals surface area (Å²) in [6.45, 7) is 6.16. The van der Waals surface area contributed by atoms with E-state index in [9.17, 15) is 19.7 Å². The minimum absolute atomic E-state index is 0.131. The molecule has 0 saturated carbocycles. The fourth-order valence-corrected chi connectivity index (χ4v) is 4.79. The molecule has 2 aromatic rings. The first-order valence-corrected chi connectivity index (χ1v) is 11.4. The Morgan fingerprint density at radius 1 is 0.774 bits per heavy atom. The molecule has 0 radical (unpaired) electrons. The number of piperidine rings is 2. The second-order valence-electron chi connectivity index (χ2n) is 8.65. The van der Waals surface area contributed by atoms with Crippen LogP contribution in [0.15, 0.2) is 27.8 Å². The molecule has 2 fully saturated rings. The lowest BCUT2D eigenvalue weighted by atomic mass is 10.1. The summed E-state index contributed by atoms with van der Waals surface area (Å²) >= 11 is 0. The largest absolute Gasteiger partial charge is 0.331 e. The van der Waals surface area contributed by atoms with Crippen LogP contribution in [-0.4, -0.2) is 63.1 Å². The Labute approximate surface area is 181 Å². The molecule has 0 atom stereocenters. The van der Waals surface area contributed by atoms with Crippen LogP contribution < -0.4 is 11.2 Å². The van der Waals surface area contributed by atoms with Crippen molar-refractivity contribution in [3.8, 4) is 0 Å². The van der Waals surface area contributed by atoms with Crippen molar-refractivity contribution in [3.05, 3.63) is 49.2 Å². The second kappa shape index (κ2) is 9.74. The molecule has 9 heteroatoms. The fourth-order valence-electron chi connectivity index (χ4n) is 4.79. The standard InChI is InChI=1S/C22H31N5O4/c28-21-19-17-18(27(30)31)7-8-20(19)25(15-13-23-9-3-1-4-10-23)22(29)26(21)16-14-24-11-5-2-6-12-24/h7-8,17H,1-6,9-16H2. The highest BCUT2D eigenvalue weighted by Gasteiger charge is 2.19. The van der Waals surface area contributed by atoms with E-state index < -0.39 is 10.5 Å². The topological polar surface area (TPSA) is 93.6 Å². The Balaban J connectivity index is 1.69. The average molecular weight is 430 g/mol. The Kier molecular flexibility index (Phi) is 6.82. The lowest BCUT2D eigenvalue weighted by molar-refractivity contribution is -0.384. The Morgan fingerprint density at radius 3 is 1.87 bits per heavy atom. The van der Waals surface area contributed by atoms with E-state index in [0.717, 1.165) is 58.4 Å². The minimum Gasteiger partial charge on any atom is -0.302 e. The molecule has 31 heavy (non-hydrogen) atoms. The Morgan fingerprint density at radius 2 is 1.32 bits per heavy atom.